The number of carbonyl (C=O) groups excluding carboxylic acids is 8. The molecule has 2 saturated heterocycles. The molecule has 47 heavy (non-hydrogen) atoms. The zero-order chi connectivity index (χ0) is 35.6. The quantitative estimate of drug-likeness (QED) is 0.181. The Hall–Kier alpha value is -4.36. The summed E-state index contributed by atoms with van der Waals surface area (Å²) in [4.78, 5) is 95.9. The van der Waals surface area contributed by atoms with Crippen molar-refractivity contribution >= 4 is 47.8 Å². The predicted octanol–water partition coefficient (Wildman–Crippen LogP) is -0.831. The largest absolute Gasteiger partial charge is 0.463 e. The lowest BCUT2D eigenvalue weighted by Crippen LogP contribution is -2.65. The van der Waals surface area contributed by atoms with Crippen LogP contribution in [0.3, 0.4) is 0 Å². The van der Waals surface area contributed by atoms with Crippen LogP contribution in [0, 0.1) is 0 Å². The summed E-state index contributed by atoms with van der Waals surface area (Å²) < 4.78 is 59.8. The van der Waals surface area contributed by atoms with Crippen molar-refractivity contribution in [3.05, 3.63) is 0 Å². The van der Waals surface area contributed by atoms with E-state index in [1.54, 1.807) is 0 Å². The maximum atomic E-state index is 12.1. The summed E-state index contributed by atoms with van der Waals surface area (Å²) in [5.74, 6) is -6.93. The second-order valence-electron chi connectivity index (χ2n) is 10.3. The third kappa shape index (κ3) is 12.1. The van der Waals surface area contributed by atoms with E-state index in [4.69, 9.17) is 52.1 Å². The van der Waals surface area contributed by atoms with Gasteiger partial charge >= 0.3 is 47.8 Å². The lowest BCUT2D eigenvalue weighted by atomic mass is 9.97. The molecule has 2 rings (SSSR count). The molecule has 0 aromatic carbocycles. The Kier molecular flexibility index (Phi) is 14.5. The fourth-order valence-electron chi connectivity index (χ4n) is 4.76. The molecule has 0 aromatic rings. The Balaban J connectivity index is 2.56. The summed E-state index contributed by atoms with van der Waals surface area (Å²) >= 11 is 0. The summed E-state index contributed by atoms with van der Waals surface area (Å²) in [5, 5.41) is 0. The van der Waals surface area contributed by atoms with Gasteiger partial charge < -0.3 is 52.1 Å². The molecule has 0 amide bonds. The van der Waals surface area contributed by atoms with Crippen LogP contribution in [0.2, 0.25) is 0 Å². The molecule has 19 nitrogen and oxygen atoms in total. The van der Waals surface area contributed by atoms with Crippen molar-refractivity contribution in [3.63, 3.8) is 0 Å². The van der Waals surface area contributed by atoms with Crippen LogP contribution in [0.5, 0.6) is 0 Å². The Labute approximate surface area is 268 Å². The molecule has 2 aliphatic heterocycles. The second kappa shape index (κ2) is 17.5. The van der Waals surface area contributed by atoms with Crippen molar-refractivity contribution in [1.29, 1.82) is 0 Å². The van der Waals surface area contributed by atoms with E-state index in [-0.39, 0.29) is 0 Å². The fraction of sp³-hybridized carbons (Fsp3) is 0.714. The molecule has 0 bridgehead atoms. The van der Waals surface area contributed by atoms with E-state index in [2.05, 4.69) is 0 Å². The van der Waals surface area contributed by atoms with Crippen LogP contribution in [0.4, 0.5) is 0 Å². The zero-order valence-electron chi connectivity index (χ0n) is 26.9. The molecule has 0 spiro atoms. The van der Waals surface area contributed by atoms with E-state index >= 15 is 0 Å². The van der Waals surface area contributed by atoms with Crippen LogP contribution in [-0.2, 0) is 90.5 Å². The van der Waals surface area contributed by atoms with Crippen LogP contribution in [0.25, 0.3) is 0 Å². The lowest BCUT2D eigenvalue weighted by Gasteiger charge is -2.46. The van der Waals surface area contributed by atoms with Crippen molar-refractivity contribution < 1.29 is 90.5 Å². The summed E-state index contributed by atoms with van der Waals surface area (Å²) in [6.45, 7) is 7.09. The van der Waals surface area contributed by atoms with E-state index in [0.717, 1.165) is 55.4 Å². The molecule has 2 fully saturated rings. The molecule has 0 aromatic heterocycles. The first-order valence-electron chi connectivity index (χ1n) is 14.2. The van der Waals surface area contributed by atoms with E-state index in [9.17, 15) is 38.4 Å². The van der Waals surface area contributed by atoms with Gasteiger partial charge in [0.1, 0.15) is 18.8 Å². The Morgan fingerprint density at radius 2 is 0.702 bits per heavy atom. The first-order chi connectivity index (χ1) is 21.9. The molecule has 10 atom stereocenters. The van der Waals surface area contributed by atoms with Gasteiger partial charge in [-0.2, -0.15) is 0 Å². The van der Waals surface area contributed by atoms with Crippen LogP contribution < -0.4 is 0 Å². The number of ether oxygens (including phenoxy) is 11. The van der Waals surface area contributed by atoms with Gasteiger partial charge in [0, 0.05) is 55.4 Å². The van der Waals surface area contributed by atoms with Gasteiger partial charge in [0.25, 0.3) is 0 Å². The van der Waals surface area contributed by atoms with Gasteiger partial charge in [-0.1, -0.05) is 0 Å². The lowest BCUT2D eigenvalue weighted by molar-refractivity contribution is -0.331. The summed E-state index contributed by atoms with van der Waals surface area (Å²) in [6.07, 6.45) is -15.6. The van der Waals surface area contributed by atoms with Crippen LogP contribution >= 0.6 is 0 Å². The van der Waals surface area contributed by atoms with Crippen molar-refractivity contribution in [2.45, 2.75) is 117 Å². The number of carbonyl (C=O) groups is 8. The molecular weight excluding hydrogens is 640 g/mol. The molecular formula is C28H38O19. The first-order valence-corrected chi connectivity index (χ1v) is 14.2. The molecule has 0 radical (unpaired) electrons. The number of hydrogen-bond acceptors (Lipinski definition) is 19. The highest BCUT2D eigenvalue weighted by molar-refractivity contribution is 5.70. The van der Waals surface area contributed by atoms with E-state index in [1.165, 1.54) is 0 Å². The van der Waals surface area contributed by atoms with Gasteiger partial charge in [-0.25, -0.2) is 0 Å². The monoisotopic (exact) mass is 678 g/mol. The number of esters is 8. The number of rotatable bonds is 12. The fourth-order valence-corrected chi connectivity index (χ4v) is 4.76. The topological polar surface area (TPSA) is 238 Å². The van der Waals surface area contributed by atoms with Crippen molar-refractivity contribution in [1.82, 2.24) is 0 Å². The molecule has 264 valence electrons. The highest BCUT2D eigenvalue weighted by atomic mass is 16.8. The standard InChI is InChI=1S/C28H38O19/c1-11(29)37-9-19-21(39-12(2)30)23(41-14(4)32)25(43-16(6)34)27(46-19)38-10-20-22(40-13(3)31)24(42-15(5)33)26(44-17(7)35)28(47-20)45-18(8)36/h19-28H,9-10H2,1-8H3/t19?,20?,21-,22-,23+,24+,25-,26-,27+,28-/m1/s1. The SMILES string of the molecule is CC(=O)OCC1O[C@H](OCC2O[C@@H](OC(C)=O)[C@H](OC(C)=O)[C@@H](OC(C)=O)[C@@H]2OC(C)=O)[C@H](OC(C)=O)[C@@H](OC(C)=O)[C@@H]1OC(C)=O. The van der Waals surface area contributed by atoms with Gasteiger partial charge in [-0.15, -0.1) is 0 Å². The van der Waals surface area contributed by atoms with Crippen molar-refractivity contribution in [2.75, 3.05) is 13.2 Å². The van der Waals surface area contributed by atoms with Crippen molar-refractivity contribution in [2.24, 2.45) is 0 Å². The smallest absolute Gasteiger partial charge is 0.305 e. The Bertz CT molecular complexity index is 1200. The molecule has 2 heterocycles. The third-order valence-electron chi connectivity index (χ3n) is 6.15. The van der Waals surface area contributed by atoms with E-state index < -0.39 is 122 Å². The Morgan fingerprint density at radius 1 is 0.383 bits per heavy atom. The minimum absolute atomic E-state index is 0.541. The third-order valence-corrected chi connectivity index (χ3v) is 6.15. The maximum Gasteiger partial charge on any atom is 0.305 e. The summed E-state index contributed by atoms with van der Waals surface area (Å²) in [6, 6.07) is 0. The maximum absolute atomic E-state index is 12.1. The minimum atomic E-state index is -1.71. The van der Waals surface area contributed by atoms with Gasteiger partial charge in [-0.05, 0) is 0 Å². The van der Waals surface area contributed by atoms with E-state index in [0.29, 0.717) is 0 Å². The van der Waals surface area contributed by atoms with Gasteiger partial charge in [-0.3, -0.25) is 38.4 Å². The molecule has 19 heteroatoms. The molecule has 2 unspecified atom stereocenters. The van der Waals surface area contributed by atoms with Gasteiger partial charge in [0.2, 0.25) is 12.4 Å². The normalized spacial score (nSPS) is 30.0. The highest BCUT2D eigenvalue weighted by Crippen LogP contribution is 2.33. The molecule has 0 N–H and O–H groups in total. The highest BCUT2D eigenvalue weighted by Gasteiger charge is 2.56. The first kappa shape index (κ1) is 38.8. The van der Waals surface area contributed by atoms with Gasteiger partial charge in [0.05, 0.1) is 6.61 Å². The second-order valence-corrected chi connectivity index (χ2v) is 10.3. The van der Waals surface area contributed by atoms with Crippen LogP contribution in [-0.4, -0.2) is 122 Å². The number of hydrogen-bond donors (Lipinski definition) is 0. The van der Waals surface area contributed by atoms with Gasteiger partial charge in [0.15, 0.2) is 36.8 Å². The molecule has 0 aliphatic carbocycles. The molecule has 2 aliphatic rings. The summed E-state index contributed by atoms with van der Waals surface area (Å²) in [7, 11) is 0. The summed E-state index contributed by atoms with van der Waals surface area (Å²) in [5.41, 5.74) is 0. The zero-order valence-corrected chi connectivity index (χ0v) is 26.9. The average Bonchev–Trinajstić information content (AvgIpc) is 2.91. The van der Waals surface area contributed by atoms with E-state index in [1.807, 2.05) is 0 Å². The van der Waals surface area contributed by atoms with Crippen LogP contribution in [0.15, 0.2) is 0 Å². The van der Waals surface area contributed by atoms with Crippen LogP contribution in [0.1, 0.15) is 55.4 Å². The minimum Gasteiger partial charge on any atom is -0.463 e. The predicted molar refractivity (Wildman–Crippen MR) is 145 cm³/mol. The average molecular weight is 679 g/mol. The Morgan fingerprint density at radius 3 is 1.09 bits per heavy atom. The van der Waals surface area contributed by atoms with Crippen molar-refractivity contribution in [3.8, 4) is 0 Å². The molecule has 0 saturated carbocycles.